The van der Waals surface area contributed by atoms with Crippen LogP contribution in [0, 0.1) is 5.92 Å². The molecule has 0 aliphatic heterocycles. The molecule has 1 aliphatic carbocycles. The fraction of sp³-hybridized carbons (Fsp3) is 0.316. The number of imidazole rings is 1. The molecule has 1 unspecified atom stereocenters. The van der Waals surface area contributed by atoms with E-state index in [1.165, 1.54) is 20.0 Å². The second-order valence-corrected chi connectivity index (χ2v) is 7.39. The van der Waals surface area contributed by atoms with Gasteiger partial charge in [0.1, 0.15) is 5.82 Å². The molecule has 1 saturated carbocycles. The number of methoxy groups -OCH3 is 1. The van der Waals surface area contributed by atoms with Gasteiger partial charge in [-0.2, -0.15) is 0 Å². The molecule has 0 bridgehead atoms. The smallest absolute Gasteiger partial charge is 0.337 e. The number of aromatic nitrogens is 3. The van der Waals surface area contributed by atoms with Crippen molar-refractivity contribution in [2.45, 2.75) is 25.2 Å². The monoisotopic (exact) mass is 399 g/mol. The summed E-state index contributed by atoms with van der Waals surface area (Å²) >= 11 is 3.44. The van der Waals surface area contributed by atoms with E-state index in [1.807, 2.05) is 24.4 Å². The SMILES string of the molecule is COC(=O)c1ccc2nc(C(CC3CC3)c3ccc(Br)cn3)[nH]c2c1. The van der Waals surface area contributed by atoms with Crippen molar-refractivity contribution in [3.8, 4) is 0 Å². The number of nitrogens with one attached hydrogen (secondary N) is 1. The lowest BCUT2D eigenvalue weighted by atomic mass is 9.97. The molecule has 128 valence electrons. The van der Waals surface area contributed by atoms with E-state index < -0.39 is 0 Å². The highest BCUT2D eigenvalue weighted by molar-refractivity contribution is 9.10. The first-order valence-electron chi connectivity index (χ1n) is 8.33. The number of ether oxygens (including phenoxy) is 1. The number of benzene rings is 1. The molecular formula is C19H18BrN3O2. The largest absolute Gasteiger partial charge is 0.465 e. The first kappa shape index (κ1) is 16.3. The van der Waals surface area contributed by atoms with Crippen molar-refractivity contribution in [1.29, 1.82) is 0 Å². The van der Waals surface area contributed by atoms with E-state index in [4.69, 9.17) is 9.72 Å². The number of nitrogens with zero attached hydrogens (tertiary/aromatic N) is 2. The van der Waals surface area contributed by atoms with Gasteiger partial charge in [-0.3, -0.25) is 4.98 Å². The lowest BCUT2D eigenvalue weighted by Crippen LogP contribution is -2.06. The van der Waals surface area contributed by atoms with Crippen molar-refractivity contribution >= 4 is 32.9 Å². The standard InChI is InChI=1S/C19H18BrN3O2/c1-25-19(24)12-4-6-16-17(9-12)23-18(22-16)14(8-11-2-3-11)15-7-5-13(20)10-21-15/h4-7,9-11,14H,2-3,8H2,1H3,(H,22,23). The molecule has 2 aromatic heterocycles. The Labute approximate surface area is 154 Å². The van der Waals surface area contributed by atoms with Crippen molar-refractivity contribution < 1.29 is 9.53 Å². The van der Waals surface area contributed by atoms with Gasteiger partial charge in [0, 0.05) is 10.7 Å². The number of hydrogen-bond acceptors (Lipinski definition) is 4. The maximum Gasteiger partial charge on any atom is 0.337 e. The number of rotatable bonds is 5. The summed E-state index contributed by atoms with van der Waals surface area (Å²) in [6, 6.07) is 9.45. The fourth-order valence-electron chi connectivity index (χ4n) is 3.09. The van der Waals surface area contributed by atoms with Gasteiger partial charge in [0.25, 0.3) is 0 Å². The third-order valence-corrected chi connectivity index (χ3v) is 5.09. The quantitative estimate of drug-likeness (QED) is 0.643. The van der Waals surface area contributed by atoms with Gasteiger partial charge in [0.2, 0.25) is 0 Å². The highest BCUT2D eigenvalue weighted by Gasteiger charge is 2.29. The maximum absolute atomic E-state index is 11.7. The molecule has 0 spiro atoms. The number of carbonyl (C=O) groups is 1. The second kappa shape index (κ2) is 6.59. The highest BCUT2D eigenvalue weighted by atomic mass is 79.9. The van der Waals surface area contributed by atoms with Crippen LogP contribution in [0.25, 0.3) is 11.0 Å². The zero-order valence-electron chi connectivity index (χ0n) is 13.8. The summed E-state index contributed by atoms with van der Waals surface area (Å²) in [6.45, 7) is 0. The summed E-state index contributed by atoms with van der Waals surface area (Å²) in [4.78, 5) is 24.5. The summed E-state index contributed by atoms with van der Waals surface area (Å²) < 4.78 is 5.76. The number of carbonyl (C=O) groups excluding carboxylic acids is 1. The molecular weight excluding hydrogens is 382 g/mol. The third-order valence-electron chi connectivity index (χ3n) is 4.62. The summed E-state index contributed by atoms with van der Waals surface area (Å²) in [5.41, 5.74) is 3.23. The van der Waals surface area contributed by atoms with E-state index >= 15 is 0 Å². The van der Waals surface area contributed by atoms with Gasteiger partial charge < -0.3 is 9.72 Å². The normalized spacial score (nSPS) is 15.3. The molecule has 1 aromatic carbocycles. The van der Waals surface area contributed by atoms with Gasteiger partial charge in [-0.1, -0.05) is 12.8 Å². The van der Waals surface area contributed by atoms with Crippen molar-refractivity contribution in [2.75, 3.05) is 7.11 Å². The average Bonchev–Trinajstić information content (AvgIpc) is 3.35. The topological polar surface area (TPSA) is 67.9 Å². The number of esters is 1. The van der Waals surface area contributed by atoms with E-state index in [1.54, 1.807) is 12.1 Å². The zero-order chi connectivity index (χ0) is 17.4. The Morgan fingerprint density at radius 3 is 2.88 bits per heavy atom. The number of aromatic amines is 1. The molecule has 0 saturated heterocycles. The van der Waals surface area contributed by atoms with Crippen molar-refractivity contribution in [3.63, 3.8) is 0 Å². The second-order valence-electron chi connectivity index (χ2n) is 6.48. The van der Waals surface area contributed by atoms with Gasteiger partial charge in [-0.25, -0.2) is 9.78 Å². The van der Waals surface area contributed by atoms with Crippen LogP contribution in [0.5, 0.6) is 0 Å². The minimum Gasteiger partial charge on any atom is -0.465 e. The number of H-pyrrole nitrogens is 1. The van der Waals surface area contributed by atoms with Crippen LogP contribution in [-0.2, 0) is 4.74 Å². The van der Waals surface area contributed by atoms with Gasteiger partial charge in [-0.05, 0) is 58.6 Å². The minimum atomic E-state index is -0.345. The molecule has 2 heterocycles. The van der Waals surface area contributed by atoms with Crippen LogP contribution in [-0.4, -0.2) is 28.0 Å². The molecule has 3 aromatic rings. The van der Waals surface area contributed by atoms with Crippen molar-refractivity contribution in [3.05, 3.63) is 58.1 Å². The highest BCUT2D eigenvalue weighted by Crippen LogP contribution is 2.40. The maximum atomic E-state index is 11.7. The fourth-order valence-corrected chi connectivity index (χ4v) is 3.33. The Morgan fingerprint density at radius 1 is 1.36 bits per heavy atom. The Hall–Kier alpha value is -2.21. The zero-order valence-corrected chi connectivity index (χ0v) is 15.4. The van der Waals surface area contributed by atoms with Crippen LogP contribution in [0.1, 0.15) is 47.1 Å². The van der Waals surface area contributed by atoms with Crippen LogP contribution in [0.2, 0.25) is 0 Å². The number of hydrogen-bond donors (Lipinski definition) is 1. The van der Waals surface area contributed by atoms with Crippen LogP contribution in [0.15, 0.2) is 41.0 Å². The van der Waals surface area contributed by atoms with Crippen molar-refractivity contribution in [1.82, 2.24) is 15.0 Å². The molecule has 5 nitrogen and oxygen atoms in total. The molecule has 1 fully saturated rings. The molecule has 1 N–H and O–H groups in total. The average molecular weight is 400 g/mol. The predicted octanol–water partition coefficient (Wildman–Crippen LogP) is 4.44. The minimum absolute atomic E-state index is 0.134. The summed E-state index contributed by atoms with van der Waals surface area (Å²) in [7, 11) is 1.38. The van der Waals surface area contributed by atoms with Gasteiger partial charge in [-0.15, -0.1) is 0 Å². The van der Waals surface area contributed by atoms with Crippen LogP contribution in [0.4, 0.5) is 0 Å². The van der Waals surface area contributed by atoms with E-state index in [9.17, 15) is 4.79 Å². The van der Waals surface area contributed by atoms with Crippen LogP contribution >= 0.6 is 15.9 Å². The number of pyridine rings is 1. The summed E-state index contributed by atoms with van der Waals surface area (Å²) in [5.74, 6) is 1.43. The number of fused-ring (bicyclic) bond motifs is 1. The molecule has 1 aliphatic rings. The van der Waals surface area contributed by atoms with Gasteiger partial charge >= 0.3 is 5.97 Å². The molecule has 0 radical (unpaired) electrons. The van der Waals surface area contributed by atoms with E-state index in [-0.39, 0.29) is 11.9 Å². The Morgan fingerprint density at radius 2 is 2.20 bits per heavy atom. The number of halogens is 1. The van der Waals surface area contributed by atoms with E-state index in [0.717, 1.165) is 39.4 Å². The molecule has 6 heteroatoms. The summed E-state index contributed by atoms with van der Waals surface area (Å²) in [5, 5.41) is 0. The third kappa shape index (κ3) is 3.44. The molecule has 25 heavy (non-hydrogen) atoms. The lowest BCUT2D eigenvalue weighted by Gasteiger charge is -2.13. The first-order chi connectivity index (χ1) is 12.1. The van der Waals surface area contributed by atoms with Crippen molar-refractivity contribution in [2.24, 2.45) is 5.92 Å². The lowest BCUT2D eigenvalue weighted by molar-refractivity contribution is 0.0601. The Bertz CT molecular complexity index is 916. The van der Waals surface area contributed by atoms with E-state index in [2.05, 4.69) is 25.9 Å². The molecule has 0 amide bonds. The predicted molar refractivity (Wildman–Crippen MR) is 98.6 cm³/mol. The first-order valence-corrected chi connectivity index (χ1v) is 9.13. The molecule has 4 rings (SSSR count). The van der Waals surface area contributed by atoms with Crippen LogP contribution in [0.3, 0.4) is 0 Å². The van der Waals surface area contributed by atoms with E-state index in [0.29, 0.717) is 5.56 Å². The van der Waals surface area contributed by atoms with Gasteiger partial charge in [0.15, 0.2) is 0 Å². The summed E-state index contributed by atoms with van der Waals surface area (Å²) in [6.07, 6.45) is 5.42. The van der Waals surface area contributed by atoms with Crippen LogP contribution < -0.4 is 0 Å². The molecule has 1 atom stereocenters. The Kier molecular flexibility index (Phi) is 4.29. The van der Waals surface area contributed by atoms with Gasteiger partial charge in [0.05, 0.1) is 35.3 Å². The Balaban J connectivity index is 1.72.